The Kier molecular flexibility index (Phi) is 5.00. The number of sulfonamides is 1. The van der Waals surface area contributed by atoms with Crippen LogP contribution in [0.25, 0.3) is 0 Å². The van der Waals surface area contributed by atoms with Gasteiger partial charge < -0.3 is 5.32 Å². The van der Waals surface area contributed by atoms with Crippen molar-refractivity contribution in [1.82, 2.24) is 4.31 Å². The summed E-state index contributed by atoms with van der Waals surface area (Å²) >= 11 is 3.31. The zero-order chi connectivity index (χ0) is 16.3. The predicted molar refractivity (Wildman–Crippen MR) is 89.4 cm³/mol. The lowest BCUT2D eigenvalue weighted by Gasteiger charge is -2.12. The lowest BCUT2D eigenvalue weighted by atomic mass is 10.2. The van der Waals surface area contributed by atoms with Crippen LogP contribution in [-0.2, 0) is 10.0 Å². The van der Waals surface area contributed by atoms with Crippen LogP contribution in [-0.4, -0.2) is 32.7 Å². The van der Waals surface area contributed by atoms with E-state index in [1.54, 1.807) is 30.3 Å². The van der Waals surface area contributed by atoms with E-state index in [9.17, 15) is 13.2 Å². The SMILES string of the molecule is CN(C)S(=O)(=O)c1ccc(NC(=O)c2cccc(Br)c2)cc1. The highest BCUT2D eigenvalue weighted by atomic mass is 79.9. The van der Waals surface area contributed by atoms with Crippen molar-refractivity contribution < 1.29 is 13.2 Å². The van der Waals surface area contributed by atoms with Gasteiger partial charge in [-0.2, -0.15) is 0 Å². The Balaban J connectivity index is 2.17. The largest absolute Gasteiger partial charge is 0.322 e. The molecule has 0 aliphatic heterocycles. The highest BCUT2D eigenvalue weighted by molar-refractivity contribution is 9.10. The number of carbonyl (C=O) groups excluding carboxylic acids is 1. The number of anilines is 1. The van der Waals surface area contributed by atoms with Crippen molar-refractivity contribution in [3.63, 3.8) is 0 Å². The van der Waals surface area contributed by atoms with Crippen molar-refractivity contribution in [1.29, 1.82) is 0 Å². The van der Waals surface area contributed by atoms with Gasteiger partial charge in [-0.15, -0.1) is 0 Å². The van der Waals surface area contributed by atoms with Crippen LogP contribution in [0.2, 0.25) is 0 Å². The summed E-state index contributed by atoms with van der Waals surface area (Å²) in [5.41, 5.74) is 1.04. The van der Waals surface area contributed by atoms with Crippen LogP contribution in [0.1, 0.15) is 10.4 Å². The maximum absolute atomic E-state index is 12.1. The van der Waals surface area contributed by atoms with Crippen LogP contribution >= 0.6 is 15.9 Å². The molecule has 5 nitrogen and oxygen atoms in total. The number of benzene rings is 2. The Morgan fingerprint density at radius 3 is 2.27 bits per heavy atom. The number of hydrogen-bond acceptors (Lipinski definition) is 3. The molecule has 2 aromatic carbocycles. The maximum Gasteiger partial charge on any atom is 0.255 e. The summed E-state index contributed by atoms with van der Waals surface area (Å²) in [6.07, 6.45) is 0. The Morgan fingerprint density at radius 1 is 1.09 bits per heavy atom. The third-order valence-electron chi connectivity index (χ3n) is 2.98. The van der Waals surface area contributed by atoms with E-state index in [4.69, 9.17) is 0 Å². The Bertz CT molecular complexity index is 787. The predicted octanol–water partition coefficient (Wildman–Crippen LogP) is 2.95. The molecule has 1 amide bonds. The highest BCUT2D eigenvalue weighted by Crippen LogP contribution is 2.18. The molecule has 116 valence electrons. The zero-order valence-electron chi connectivity index (χ0n) is 12.1. The minimum atomic E-state index is -3.47. The highest BCUT2D eigenvalue weighted by Gasteiger charge is 2.16. The van der Waals surface area contributed by atoms with E-state index in [1.807, 2.05) is 6.07 Å². The fraction of sp³-hybridized carbons (Fsp3) is 0.133. The monoisotopic (exact) mass is 382 g/mol. The number of amides is 1. The molecule has 0 fully saturated rings. The topological polar surface area (TPSA) is 66.5 Å². The fourth-order valence-electron chi connectivity index (χ4n) is 1.75. The molecule has 0 radical (unpaired) electrons. The minimum Gasteiger partial charge on any atom is -0.322 e. The van der Waals surface area contributed by atoms with Crippen molar-refractivity contribution in [3.8, 4) is 0 Å². The van der Waals surface area contributed by atoms with Crippen LogP contribution in [0.3, 0.4) is 0 Å². The molecule has 0 aromatic heterocycles. The molecule has 0 unspecified atom stereocenters. The van der Waals surface area contributed by atoms with Gasteiger partial charge in [-0.1, -0.05) is 22.0 Å². The lowest BCUT2D eigenvalue weighted by Crippen LogP contribution is -2.22. The molecule has 0 aliphatic rings. The normalized spacial score (nSPS) is 11.5. The number of nitrogens with one attached hydrogen (secondary N) is 1. The fourth-order valence-corrected chi connectivity index (χ4v) is 3.05. The molecule has 2 aromatic rings. The first kappa shape index (κ1) is 16.7. The summed E-state index contributed by atoms with van der Waals surface area (Å²) in [5.74, 6) is -0.260. The second-order valence-corrected chi connectivity index (χ2v) is 7.84. The third kappa shape index (κ3) is 3.73. The van der Waals surface area contributed by atoms with Gasteiger partial charge in [0.15, 0.2) is 0 Å². The quantitative estimate of drug-likeness (QED) is 0.883. The lowest BCUT2D eigenvalue weighted by molar-refractivity contribution is 0.102. The Morgan fingerprint density at radius 2 is 1.73 bits per heavy atom. The van der Waals surface area contributed by atoms with E-state index in [0.29, 0.717) is 11.3 Å². The van der Waals surface area contributed by atoms with E-state index in [2.05, 4.69) is 21.2 Å². The molecule has 1 N–H and O–H groups in total. The minimum absolute atomic E-state index is 0.179. The summed E-state index contributed by atoms with van der Waals surface area (Å²) in [6, 6.07) is 13.1. The van der Waals surface area contributed by atoms with E-state index in [1.165, 1.54) is 26.2 Å². The molecular formula is C15H15BrN2O3S. The molecular weight excluding hydrogens is 368 g/mol. The van der Waals surface area contributed by atoms with E-state index >= 15 is 0 Å². The molecule has 0 heterocycles. The second-order valence-electron chi connectivity index (χ2n) is 4.78. The summed E-state index contributed by atoms with van der Waals surface area (Å²) < 4.78 is 25.9. The average Bonchev–Trinajstić information content (AvgIpc) is 2.47. The second kappa shape index (κ2) is 6.60. The van der Waals surface area contributed by atoms with Gasteiger partial charge >= 0.3 is 0 Å². The number of carbonyl (C=O) groups is 1. The molecule has 2 rings (SSSR count). The summed E-state index contributed by atoms with van der Waals surface area (Å²) in [7, 11) is -0.524. The van der Waals surface area contributed by atoms with E-state index < -0.39 is 10.0 Å². The first-order valence-corrected chi connectivity index (χ1v) is 8.63. The van der Waals surface area contributed by atoms with Gasteiger partial charge in [0.1, 0.15) is 0 Å². The van der Waals surface area contributed by atoms with Crippen molar-refractivity contribution >= 4 is 37.5 Å². The van der Waals surface area contributed by atoms with Crippen molar-refractivity contribution in [3.05, 3.63) is 58.6 Å². The van der Waals surface area contributed by atoms with Gasteiger partial charge in [0.25, 0.3) is 5.91 Å². The summed E-state index contributed by atoms with van der Waals surface area (Å²) in [4.78, 5) is 12.3. The van der Waals surface area contributed by atoms with Crippen molar-refractivity contribution in [2.24, 2.45) is 0 Å². The maximum atomic E-state index is 12.1. The smallest absolute Gasteiger partial charge is 0.255 e. The van der Waals surface area contributed by atoms with Gasteiger partial charge in [0.05, 0.1) is 4.90 Å². The molecule has 0 saturated carbocycles. The molecule has 0 bridgehead atoms. The van der Waals surface area contributed by atoms with Crippen LogP contribution in [0.15, 0.2) is 57.9 Å². The molecule has 0 spiro atoms. The van der Waals surface area contributed by atoms with Crippen LogP contribution in [0.4, 0.5) is 5.69 Å². The van der Waals surface area contributed by atoms with Gasteiger partial charge in [-0.05, 0) is 42.5 Å². The van der Waals surface area contributed by atoms with Crippen LogP contribution in [0.5, 0.6) is 0 Å². The van der Waals surface area contributed by atoms with Crippen LogP contribution < -0.4 is 5.32 Å². The number of nitrogens with zero attached hydrogens (tertiary/aromatic N) is 1. The Labute approximate surface area is 138 Å². The molecule has 0 atom stereocenters. The van der Waals surface area contributed by atoms with Crippen LogP contribution in [0, 0.1) is 0 Å². The van der Waals surface area contributed by atoms with E-state index in [-0.39, 0.29) is 10.8 Å². The first-order chi connectivity index (χ1) is 10.3. The molecule has 7 heteroatoms. The molecule has 0 aliphatic carbocycles. The number of hydrogen-bond donors (Lipinski definition) is 1. The van der Waals surface area contributed by atoms with Gasteiger partial charge in [0.2, 0.25) is 10.0 Å². The standard InChI is InChI=1S/C15H15BrN2O3S/c1-18(2)22(20,21)14-8-6-13(7-9-14)17-15(19)11-4-3-5-12(16)10-11/h3-10H,1-2H3,(H,17,19). The van der Waals surface area contributed by atoms with Gasteiger partial charge in [-0.25, -0.2) is 12.7 Å². The first-order valence-electron chi connectivity index (χ1n) is 6.40. The summed E-state index contributed by atoms with van der Waals surface area (Å²) in [5, 5.41) is 2.73. The number of rotatable bonds is 4. The molecule has 22 heavy (non-hydrogen) atoms. The Hall–Kier alpha value is -1.70. The van der Waals surface area contributed by atoms with E-state index in [0.717, 1.165) is 8.78 Å². The van der Waals surface area contributed by atoms with Gasteiger partial charge in [0, 0.05) is 29.8 Å². The molecule has 0 saturated heterocycles. The zero-order valence-corrected chi connectivity index (χ0v) is 14.5. The van der Waals surface area contributed by atoms with Crippen molar-refractivity contribution in [2.45, 2.75) is 4.90 Å². The average molecular weight is 383 g/mol. The number of halogens is 1. The van der Waals surface area contributed by atoms with Gasteiger partial charge in [-0.3, -0.25) is 4.79 Å². The summed E-state index contributed by atoms with van der Waals surface area (Å²) in [6.45, 7) is 0. The third-order valence-corrected chi connectivity index (χ3v) is 5.30. The van der Waals surface area contributed by atoms with Crippen molar-refractivity contribution in [2.75, 3.05) is 19.4 Å².